The number of halogens is 1. The molecule has 4 rings (SSSR count). The molecule has 0 aliphatic heterocycles. The summed E-state index contributed by atoms with van der Waals surface area (Å²) >= 11 is 0. The average Bonchev–Trinajstić information content (AvgIpc) is 3.08. The van der Waals surface area contributed by atoms with Crippen LogP contribution in [0.15, 0.2) is 60.8 Å². The molecule has 3 N–H and O–H groups in total. The molecule has 0 spiro atoms. The molecule has 0 aliphatic rings. The Morgan fingerprint density at radius 2 is 1.73 bits per heavy atom. The second-order valence-corrected chi connectivity index (χ2v) is 7.03. The smallest absolute Gasteiger partial charge is 0.266 e. The van der Waals surface area contributed by atoms with E-state index >= 15 is 0 Å². The lowest BCUT2D eigenvalue weighted by Crippen LogP contribution is -2.34. The van der Waals surface area contributed by atoms with Gasteiger partial charge in [0.2, 0.25) is 0 Å². The van der Waals surface area contributed by atoms with Crippen molar-refractivity contribution >= 4 is 23.1 Å². The maximum atomic E-state index is 14.1. The minimum Gasteiger partial charge on any atom is -0.339 e. The summed E-state index contributed by atoms with van der Waals surface area (Å²) in [5.74, 6) is -0.0711. The Balaban J connectivity index is 1.96. The van der Waals surface area contributed by atoms with E-state index in [9.17, 15) is 9.18 Å². The monoisotopic (exact) mass is 403 g/mol. The van der Waals surface area contributed by atoms with E-state index in [0.29, 0.717) is 28.3 Å². The second-order valence-electron chi connectivity index (χ2n) is 7.03. The molecule has 0 radical (unpaired) electrons. The molecule has 152 valence electrons. The number of hydrogen-bond donors (Lipinski definition) is 3. The van der Waals surface area contributed by atoms with E-state index in [2.05, 4.69) is 16.2 Å². The average molecular weight is 403 g/mol. The van der Waals surface area contributed by atoms with Gasteiger partial charge in [0.25, 0.3) is 5.91 Å². The number of aryl methyl sites for hydroxylation is 2. The molecule has 4 aromatic rings. The Bertz CT molecular complexity index is 1230. The fourth-order valence-electron chi connectivity index (χ4n) is 3.52. The van der Waals surface area contributed by atoms with Gasteiger partial charge in [0.1, 0.15) is 23.0 Å². The van der Waals surface area contributed by atoms with Gasteiger partial charge in [-0.25, -0.2) is 14.8 Å². The number of carbonyl (C=O) groups is 1. The number of para-hydroxylation sites is 1. The third-order valence-electron chi connectivity index (χ3n) is 4.97. The molecule has 0 fully saturated rings. The molecule has 0 bridgehead atoms. The highest BCUT2D eigenvalue weighted by molar-refractivity contribution is 6.02. The zero-order chi connectivity index (χ0) is 21.3. The quantitative estimate of drug-likeness (QED) is 0.433. The van der Waals surface area contributed by atoms with Crippen molar-refractivity contribution in [2.75, 3.05) is 12.4 Å². The van der Waals surface area contributed by atoms with Crippen LogP contribution in [0.25, 0.3) is 16.9 Å². The number of hydrazine groups is 1. The van der Waals surface area contributed by atoms with Gasteiger partial charge in [-0.2, -0.15) is 0 Å². The van der Waals surface area contributed by atoms with Crippen molar-refractivity contribution in [3.63, 3.8) is 0 Å². The lowest BCUT2D eigenvalue weighted by Gasteiger charge is -2.15. The van der Waals surface area contributed by atoms with Crippen LogP contribution in [0.2, 0.25) is 0 Å². The van der Waals surface area contributed by atoms with Gasteiger partial charge in [-0.1, -0.05) is 36.4 Å². The number of anilines is 2. The number of rotatable bonds is 5. The number of amides is 1. The summed E-state index contributed by atoms with van der Waals surface area (Å²) in [6, 6.07) is 16.2. The van der Waals surface area contributed by atoms with Gasteiger partial charge in [-0.3, -0.25) is 14.6 Å². The molecule has 0 unspecified atom stereocenters. The molecule has 2 heterocycles. The Morgan fingerprint density at radius 3 is 2.47 bits per heavy atom. The summed E-state index contributed by atoms with van der Waals surface area (Å²) in [4.78, 5) is 17.3. The zero-order valence-corrected chi connectivity index (χ0v) is 17.0. The highest BCUT2D eigenvalue weighted by atomic mass is 19.1. The minimum atomic E-state index is -0.378. The molecular formula is C23H22FN5O. The van der Waals surface area contributed by atoms with Crippen LogP contribution in [0, 0.1) is 19.7 Å². The van der Waals surface area contributed by atoms with Crippen molar-refractivity contribution in [1.82, 2.24) is 20.2 Å². The SMILES string of the molecule is CNNC(=O)c1ccccc1-c1nc2ccc(F)cn2c1Nc1c(C)cccc1C. The Labute approximate surface area is 173 Å². The molecule has 0 saturated heterocycles. The number of pyridine rings is 1. The van der Waals surface area contributed by atoms with Gasteiger partial charge in [0.15, 0.2) is 0 Å². The second kappa shape index (κ2) is 7.96. The van der Waals surface area contributed by atoms with Crippen LogP contribution in [0.5, 0.6) is 0 Å². The first-order chi connectivity index (χ1) is 14.5. The van der Waals surface area contributed by atoms with E-state index in [0.717, 1.165) is 16.8 Å². The van der Waals surface area contributed by atoms with Gasteiger partial charge < -0.3 is 5.32 Å². The minimum absolute atomic E-state index is 0.283. The first kappa shape index (κ1) is 19.6. The first-order valence-electron chi connectivity index (χ1n) is 9.57. The Morgan fingerprint density at radius 1 is 1.00 bits per heavy atom. The summed E-state index contributed by atoms with van der Waals surface area (Å²) in [5, 5.41) is 3.44. The van der Waals surface area contributed by atoms with Crippen LogP contribution in [0.4, 0.5) is 15.9 Å². The van der Waals surface area contributed by atoms with Crippen LogP contribution in [-0.4, -0.2) is 22.3 Å². The maximum absolute atomic E-state index is 14.1. The maximum Gasteiger partial charge on any atom is 0.266 e. The van der Waals surface area contributed by atoms with Crippen molar-refractivity contribution in [3.05, 3.63) is 83.3 Å². The van der Waals surface area contributed by atoms with Crippen molar-refractivity contribution < 1.29 is 9.18 Å². The summed E-state index contributed by atoms with van der Waals surface area (Å²) in [5.41, 5.74) is 10.5. The highest BCUT2D eigenvalue weighted by Gasteiger charge is 2.21. The van der Waals surface area contributed by atoms with Crippen molar-refractivity contribution in [2.24, 2.45) is 0 Å². The van der Waals surface area contributed by atoms with E-state index in [1.165, 1.54) is 12.3 Å². The standard InChI is InChI=1S/C23H22FN5O/c1-14-7-6-8-15(2)20(14)27-22-21(26-19-12-11-16(24)13-29(19)22)17-9-4-5-10-18(17)23(30)28-25-3/h4-13,25,27H,1-3H3,(H,28,30). The number of nitrogens with one attached hydrogen (secondary N) is 3. The number of imidazole rings is 1. The van der Waals surface area contributed by atoms with E-state index in [-0.39, 0.29) is 11.7 Å². The highest BCUT2D eigenvalue weighted by Crippen LogP contribution is 2.35. The fourth-order valence-corrected chi connectivity index (χ4v) is 3.52. The molecule has 0 saturated carbocycles. The van der Waals surface area contributed by atoms with E-state index in [1.54, 1.807) is 29.6 Å². The number of aromatic nitrogens is 2. The zero-order valence-electron chi connectivity index (χ0n) is 17.0. The molecule has 2 aromatic heterocycles. The molecule has 0 atom stereocenters. The van der Waals surface area contributed by atoms with E-state index in [4.69, 9.17) is 4.98 Å². The summed E-state index contributed by atoms with van der Waals surface area (Å²) < 4.78 is 15.8. The van der Waals surface area contributed by atoms with E-state index < -0.39 is 0 Å². The molecule has 0 aliphatic carbocycles. The largest absolute Gasteiger partial charge is 0.339 e. The third-order valence-corrected chi connectivity index (χ3v) is 4.97. The number of hydrogen-bond acceptors (Lipinski definition) is 4. The van der Waals surface area contributed by atoms with E-state index in [1.807, 2.05) is 44.2 Å². The van der Waals surface area contributed by atoms with Crippen LogP contribution < -0.4 is 16.2 Å². The van der Waals surface area contributed by atoms with Gasteiger partial charge in [-0.05, 0) is 43.2 Å². The van der Waals surface area contributed by atoms with Crippen molar-refractivity contribution in [2.45, 2.75) is 13.8 Å². The predicted molar refractivity (Wildman–Crippen MR) is 116 cm³/mol. The predicted octanol–water partition coefficient (Wildman–Crippen LogP) is 4.37. The molecule has 1 amide bonds. The molecule has 6 nitrogen and oxygen atoms in total. The fraction of sp³-hybridized carbons (Fsp3) is 0.130. The molecule has 2 aromatic carbocycles. The van der Waals surface area contributed by atoms with Gasteiger partial charge in [0, 0.05) is 24.5 Å². The molecule has 30 heavy (non-hydrogen) atoms. The summed E-state index contributed by atoms with van der Waals surface area (Å²) in [6.45, 7) is 4.01. The normalized spacial score (nSPS) is 10.9. The van der Waals surface area contributed by atoms with Crippen LogP contribution in [-0.2, 0) is 0 Å². The number of nitrogens with zero attached hydrogens (tertiary/aromatic N) is 2. The number of benzene rings is 2. The number of carbonyl (C=O) groups excluding carboxylic acids is 1. The van der Waals surface area contributed by atoms with Crippen LogP contribution in [0.1, 0.15) is 21.5 Å². The van der Waals surface area contributed by atoms with Gasteiger partial charge in [-0.15, -0.1) is 0 Å². The Hall–Kier alpha value is -3.71. The lowest BCUT2D eigenvalue weighted by molar-refractivity contribution is 0.0938. The molecule has 7 heteroatoms. The molecular weight excluding hydrogens is 381 g/mol. The topological polar surface area (TPSA) is 70.5 Å². The lowest BCUT2D eigenvalue weighted by atomic mass is 10.0. The van der Waals surface area contributed by atoms with Crippen LogP contribution in [0.3, 0.4) is 0 Å². The van der Waals surface area contributed by atoms with Crippen LogP contribution >= 0.6 is 0 Å². The van der Waals surface area contributed by atoms with Crippen molar-refractivity contribution in [3.8, 4) is 11.3 Å². The first-order valence-corrected chi connectivity index (χ1v) is 9.57. The Kier molecular flexibility index (Phi) is 5.20. The van der Waals surface area contributed by atoms with Crippen molar-refractivity contribution in [1.29, 1.82) is 0 Å². The summed E-state index contributed by atoms with van der Waals surface area (Å²) in [7, 11) is 1.63. The third kappa shape index (κ3) is 3.51. The van der Waals surface area contributed by atoms with Gasteiger partial charge in [0.05, 0.1) is 5.56 Å². The number of fused-ring (bicyclic) bond motifs is 1. The van der Waals surface area contributed by atoms with Gasteiger partial charge >= 0.3 is 0 Å². The summed E-state index contributed by atoms with van der Waals surface area (Å²) in [6.07, 6.45) is 1.39.